The maximum atomic E-state index is 13.1. The Hall–Kier alpha value is -2.56. The summed E-state index contributed by atoms with van der Waals surface area (Å²) in [5, 5.41) is 5.47. The fourth-order valence-corrected chi connectivity index (χ4v) is 5.28. The zero-order valence-electron chi connectivity index (χ0n) is 18.7. The molecule has 32 heavy (non-hydrogen) atoms. The lowest BCUT2D eigenvalue weighted by atomic mass is 9.96. The standard InChI is InChI=1S/C22H27N5O3S2/c1-14-11-16(24-20(30)22(2,3)4)32-18(14)19(29)26-7-5-25(6-8-26)13-15-12-17(28)27-9-10-31-21(27)23-15/h9-12H,5-8,13H2,1-4H3,(H,24,30). The van der Waals surface area contributed by atoms with E-state index in [2.05, 4.69) is 15.2 Å². The number of carbonyl (C=O) groups is 2. The number of carbonyl (C=O) groups excluding carboxylic acids is 2. The molecule has 1 aliphatic heterocycles. The predicted octanol–water partition coefficient (Wildman–Crippen LogP) is 3.07. The first-order chi connectivity index (χ1) is 15.1. The number of anilines is 1. The number of nitrogens with zero attached hydrogens (tertiary/aromatic N) is 4. The number of fused-ring (bicyclic) bond motifs is 1. The van der Waals surface area contributed by atoms with Crippen LogP contribution >= 0.6 is 22.7 Å². The van der Waals surface area contributed by atoms with Crippen molar-refractivity contribution in [1.29, 1.82) is 0 Å². The molecule has 1 saturated heterocycles. The van der Waals surface area contributed by atoms with Gasteiger partial charge < -0.3 is 10.2 Å². The van der Waals surface area contributed by atoms with Gasteiger partial charge in [0.05, 0.1) is 15.6 Å². The third-order valence-corrected chi connectivity index (χ3v) is 7.33. The summed E-state index contributed by atoms with van der Waals surface area (Å²) in [7, 11) is 0. The minimum absolute atomic E-state index is 0.000202. The molecule has 10 heteroatoms. The van der Waals surface area contributed by atoms with Crippen LogP contribution in [0.15, 0.2) is 28.5 Å². The highest BCUT2D eigenvalue weighted by Crippen LogP contribution is 2.29. The number of amides is 2. The van der Waals surface area contributed by atoms with Gasteiger partial charge in [0.1, 0.15) is 0 Å². The number of thiophene rings is 1. The van der Waals surface area contributed by atoms with E-state index in [0.29, 0.717) is 34.5 Å². The molecule has 0 saturated carbocycles. The van der Waals surface area contributed by atoms with Crippen LogP contribution in [0.2, 0.25) is 0 Å². The Kier molecular flexibility index (Phi) is 6.19. The minimum atomic E-state index is -0.493. The second kappa shape index (κ2) is 8.76. The molecular weight excluding hydrogens is 446 g/mol. The van der Waals surface area contributed by atoms with E-state index in [1.54, 1.807) is 16.7 Å². The molecule has 170 valence electrons. The highest BCUT2D eigenvalue weighted by Gasteiger charge is 2.27. The van der Waals surface area contributed by atoms with Crippen molar-refractivity contribution in [3.8, 4) is 0 Å². The molecule has 0 atom stereocenters. The summed E-state index contributed by atoms with van der Waals surface area (Å²) in [5.74, 6) is -0.0693. The van der Waals surface area contributed by atoms with Gasteiger partial charge in [-0.05, 0) is 18.6 Å². The normalized spacial score (nSPS) is 15.3. The monoisotopic (exact) mass is 473 g/mol. The van der Waals surface area contributed by atoms with Gasteiger partial charge in [-0.25, -0.2) is 4.98 Å². The van der Waals surface area contributed by atoms with Crippen molar-refractivity contribution >= 4 is 44.4 Å². The number of hydrogen-bond donors (Lipinski definition) is 1. The Morgan fingerprint density at radius 1 is 1.16 bits per heavy atom. The van der Waals surface area contributed by atoms with Crippen molar-refractivity contribution < 1.29 is 9.59 Å². The van der Waals surface area contributed by atoms with Gasteiger partial charge in [0.15, 0.2) is 4.96 Å². The summed E-state index contributed by atoms with van der Waals surface area (Å²) in [6, 6.07) is 3.45. The lowest BCUT2D eigenvalue weighted by Crippen LogP contribution is -2.48. The van der Waals surface area contributed by atoms with Crippen LogP contribution in [0.1, 0.15) is 41.7 Å². The number of aryl methyl sites for hydroxylation is 1. The summed E-state index contributed by atoms with van der Waals surface area (Å²) in [6.07, 6.45) is 1.73. The van der Waals surface area contributed by atoms with E-state index in [9.17, 15) is 14.4 Å². The molecule has 4 rings (SSSR count). The lowest BCUT2D eigenvalue weighted by molar-refractivity contribution is -0.123. The van der Waals surface area contributed by atoms with Crippen molar-refractivity contribution in [3.05, 3.63) is 50.2 Å². The highest BCUT2D eigenvalue weighted by atomic mass is 32.1. The molecule has 3 aromatic heterocycles. The number of thiazole rings is 1. The molecule has 1 fully saturated rings. The molecule has 0 aliphatic carbocycles. The van der Waals surface area contributed by atoms with Gasteiger partial charge in [0, 0.05) is 55.8 Å². The Morgan fingerprint density at radius 2 is 1.88 bits per heavy atom. The van der Waals surface area contributed by atoms with Crippen LogP contribution in [0.3, 0.4) is 0 Å². The van der Waals surface area contributed by atoms with Crippen molar-refractivity contribution in [2.45, 2.75) is 34.2 Å². The number of hydrogen-bond acceptors (Lipinski definition) is 7. The van der Waals surface area contributed by atoms with Gasteiger partial charge in [-0.1, -0.05) is 20.8 Å². The summed E-state index contributed by atoms with van der Waals surface area (Å²) in [6.45, 7) is 10.7. The van der Waals surface area contributed by atoms with Crippen LogP contribution in [0.4, 0.5) is 5.00 Å². The topological polar surface area (TPSA) is 87.0 Å². The van der Waals surface area contributed by atoms with Gasteiger partial charge in [-0.3, -0.25) is 23.7 Å². The van der Waals surface area contributed by atoms with Crippen LogP contribution in [-0.4, -0.2) is 57.2 Å². The highest BCUT2D eigenvalue weighted by molar-refractivity contribution is 7.18. The summed E-state index contributed by atoms with van der Waals surface area (Å²) < 4.78 is 1.55. The van der Waals surface area contributed by atoms with Gasteiger partial charge in [0.2, 0.25) is 5.91 Å². The van der Waals surface area contributed by atoms with E-state index in [-0.39, 0.29) is 17.4 Å². The van der Waals surface area contributed by atoms with E-state index < -0.39 is 5.41 Å². The number of piperazine rings is 1. The molecule has 0 bridgehead atoms. The average molecular weight is 474 g/mol. The van der Waals surface area contributed by atoms with Crippen molar-refractivity contribution in [2.24, 2.45) is 5.41 Å². The molecule has 0 aromatic carbocycles. The molecule has 2 amide bonds. The second-order valence-electron chi connectivity index (χ2n) is 9.04. The van der Waals surface area contributed by atoms with E-state index in [0.717, 1.165) is 24.3 Å². The Bertz CT molecular complexity index is 1210. The Labute approximate surface area is 194 Å². The molecule has 0 unspecified atom stereocenters. The number of aromatic nitrogens is 2. The largest absolute Gasteiger partial charge is 0.335 e. The summed E-state index contributed by atoms with van der Waals surface area (Å²) in [4.78, 5) is 47.6. The van der Waals surface area contributed by atoms with Crippen molar-refractivity contribution in [1.82, 2.24) is 19.2 Å². The minimum Gasteiger partial charge on any atom is -0.335 e. The molecule has 8 nitrogen and oxygen atoms in total. The van der Waals surface area contributed by atoms with E-state index in [1.165, 1.54) is 22.7 Å². The van der Waals surface area contributed by atoms with Gasteiger partial charge >= 0.3 is 0 Å². The lowest BCUT2D eigenvalue weighted by Gasteiger charge is -2.34. The van der Waals surface area contributed by atoms with Gasteiger partial charge in [-0.15, -0.1) is 22.7 Å². The maximum Gasteiger partial charge on any atom is 0.264 e. The van der Waals surface area contributed by atoms with Gasteiger partial charge in [0.25, 0.3) is 11.5 Å². The van der Waals surface area contributed by atoms with Crippen LogP contribution in [0.25, 0.3) is 4.96 Å². The van der Waals surface area contributed by atoms with Crippen LogP contribution in [0, 0.1) is 12.3 Å². The quantitative estimate of drug-likeness (QED) is 0.629. The Balaban J connectivity index is 1.37. The molecule has 4 heterocycles. The maximum absolute atomic E-state index is 13.1. The second-order valence-corrected chi connectivity index (χ2v) is 11.0. The molecule has 0 radical (unpaired) electrons. The van der Waals surface area contributed by atoms with E-state index >= 15 is 0 Å². The van der Waals surface area contributed by atoms with Crippen LogP contribution < -0.4 is 10.9 Å². The fourth-order valence-electron chi connectivity index (χ4n) is 3.51. The summed E-state index contributed by atoms with van der Waals surface area (Å²) >= 11 is 2.77. The molecular formula is C22H27N5O3S2. The molecule has 0 spiro atoms. The number of nitrogens with one attached hydrogen (secondary N) is 1. The van der Waals surface area contributed by atoms with Crippen LogP contribution in [0.5, 0.6) is 0 Å². The van der Waals surface area contributed by atoms with E-state index in [1.807, 2.05) is 44.0 Å². The van der Waals surface area contributed by atoms with E-state index in [4.69, 9.17) is 0 Å². The third kappa shape index (κ3) is 4.77. The first-order valence-corrected chi connectivity index (χ1v) is 12.2. The SMILES string of the molecule is Cc1cc(NC(=O)C(C)(C)C)sc1C(=O)N1CCN(Cc2cc(=O)n3ccsc3n2)CC1. The third-order valence-electron chi connectivity index (χ3n) is 5.43. The van der Waals surface area contributed by atoms with Crippen molar-refractivity contribution in [2.75, 3.05) is 31.5 Å². The molecule has 3 aromatic rings. The fraction of sp³-hybridized carbons (Fsp3) is 0.455. The Morgan fingerprint density at radius 3 is 2.56 bits per heavy atom. The molecule has 1 aliphatic rings. The predicted molar refractivity (Wildman–Crippen MR) is 128 cm³/mol. The van der Waals surface area contributed by atoms with Gasteiger partial charge in [-0.2, -0.15) is 0 Å². The summed E-state index contributed by atoms with van der Waals surface area (Å²) in [5.41, 5.74) is 1.07. The zero-order chi connectivity index (χ0) is 23.0. The molecule has 1 N–H and O–H groups in total. The van der Waals surface area contributed by atoms with Crippen LogP contribution in [-0.2, 0) is 11.3 Å². The zero-order valence-corrected chi connectivity index (χ0v) is 20.3. The smallest absolute Gasteiger partial charge is 0.264 e. The first-order valence-electron chi connectivity index (χ1n) is 10.5. The van der Waals surface area contributed by atoms with Crippen molar-refractivity contribution in [3.63, 3.8) is 0 Å². The number of rotatable bonds is 4. The average Bonchev–Trinajstić information content (AvgIpc) is 3.34. The first kappa shape index (κ1) is 22.6.